The molecule has 0 spiro atoms. The van der Waals surface area contributed by atoms with Gasteiger partial charge < -0.3 is 9.84 Å². The Bertz CT molecular complexity index is 564. The van der Waals surface area contributed by atoms with Crippen LogP contribution in [-0.4, -0.2) is 11.1 Å². The van der Waals surface area contributed by atoms with Crippen molar-refractivity contribution in [1.29, 1.82) is 0 Å². The summed E-state index contributed by atoms with van der Waals surface area (Å²) in [5.41, 5.74) is 1.83. The number of aliphatic carboxylic acids is 1. The van der Waals surface area contributed by atoms with Gasteiger partial charge in [0.15, 0.2) is 0 Å². The van der Waals surface area contributed by atoms with E-state index in [-0.39, 0.29) is 6.42 Å². The van der Waals surface area contributed by atoms with E-state index >= 15 is 0 Å². The van der Waals surface area contributed by atoms with E-state index in [1.165, 1.54) is 3.57 Å². The first-order chi connectivity index (χ1) is 9.13. The third kappa shape index (κ3) is 4.55. The normalized spacial score (nSPS) is 10.2. The molecule has 0 amide bonds. The van der Waals surface area contributed by atoms with Crippen molar-refractivity contribution in [3.63, 3.8) is 0 Å². The third-order valence-corrected chi connectivity index (χ3v) is 3.29. The van der Waals surface area contributed by atoms with Crippen LogP contribution in [0, 0.1) is 3.57 Å². The number of rotatable bonds is 5. The molecule has 0 aliphatic rings. The maximum atomic E-state index is 10.6. The van der Waals surface area contributed by atoms with E-state index in [0.717, 1.165) is 11.1 Å². The standard InChI is InChI=1S/C15H13IO3/c16-13-6-4-11(5-7-13)10-19-14-3-1-2-12(8-14)9-15(17)18/h1-8H,9-10H2,(H,17,18). The monoisotopic (exact) mass is 368 g/mol. The van der Waals surface area contributed by atoms with Crippen LogP contribution in [0.15, 0.2) is 48.5 Å². The van der Waals surface area contributed by atoms with Crippen LogP contribution in [0.2, 0.25) is 0 Å². The fourth-order valence-corrected chi connectivity index (χ4v) is 2.03. The number of hydrogen-bond donors (Lipinski definition) is 1. The number of carbonyl (C=O) groups is 1. The van der Waals surface area contributed by atoms with E-state index in [0.29, 0.717) is 12.4 Å². The Labute approximate surface area is 125 Å². The molecule has 3 nitrogen and oxygen atoms in total. The highest BCUT2D eigenvalue weighted by atomic mass is 127. The fourth-order valence-electron chi connectivity index (χ4n) is 1.67. The lowest BCUT2D eigenvalue weighted by molar-refractivity contribution is -0.136. The summed E-state index contributed by atoms with van der Waals surface area (Å²) < 4.78 is 6.84. The first kappa shape index (κ1) is 13.9. The van der Waals surface area contributed by atoms with Gasteiger partial charge in [-0.25, -0.2) is 0 Å². The smallest absolute Gasteiger partial charge is 0.307 e. The van der Waals surface area contributed by atoms with Crippen molar-refractivity contribution in [3.05, 3.63) is 63.2 Å². The molecule has 2 aromatic rings. The van der Waals surface area contributed by atoms with Crippen LogP contribution >= 0.6 is 22.6 Å². The number of carboxylic acids is 1. The highest BCUT2D eigenvalue weighted by Gasteiger charge is 2.02. The van der Waals surface area contributed by atoms with Crippen LogP contribution in [0.4, 0.5) is 0 Å². The van der Waals surface area contributed by atoms with Crippen LogP contribution in [-0.2, 0) is 17.8 Å². The largest absolute Gasteiger partial charge is 0.489 e. The molecule has 19 heavy (non-hydrogen) atoms. The Kier molecular flexibility index (Phi) is 4.79. The molecule has 0 saturated carbocycles. The van der Waals surface area contributed by atoms with Crippen molar-refractivity contribution in [2.45, 2.75) is 13.0 Å². The van der Waals surface area contributed by atoms with Gasteiger partial charge in [0.25, 0.3) is 0 Å². The fraction of sp³-hybridized carbons (Fsp3) is 0.133. The van der Waals surface area contributed by atoms with Gasteiger partial charge in [-0.05, 0) is 58.0 Å². The van der Waals surface area contributed by atoms with Crippen LogP contribution < -0.4 is 4.74 Å². The van der Waals surface area contributed by atoms with Gasteiger partial charge >= 0.3 is 5.97 Å². The van der Waals surface area contributed by atoms with Crippen molar-refractivity contribution < 1.29 is 14.6 Å². The van der Waals surface area contributed by atoms with Gasteiger partial charge in [0, 0.05) is 3.57 Å². The van der Waals surface area contributed by atoms with E-state index in [2.05, 4.69) is 22.6 Å². The summed E-state index contributed by atoms with van der Waals surface area (Å²) in [4.78, 5) is 10.6. The van der Waals surface area contributed by atoms with E-state index in [1.54, 1.807) is 12.1 Å². The topological polar surface area (TPSA) is 46.5 Å². The molecule has 0 aliphatic carbocycles. The number of benzene rings is 2. The minimum absolute atomic E-state index is 0.0146. The molecule has 0 unspecified atom stereocenters. The van der Waals surface area contributed by atoms with Crippen molar-refractivity contribution in [2.24, 2.45) is 0 Å². The first-order valence-electron chi connectivity index (χ1n) is 5.81. The maximum absolute atomic E-state index is 10.6. The van der Waals surface area contributed by atoms with Gasteiger partial charge in [0.05, 0.1) is 6.42 Å². The lowest BCUT2D eigenvalue weighted by Gasteiger charge is -2.07. The first-order valence-corrected chi connectivity index (χ1v) is 6.89. The summed E-state index contributed by atoms with van der Waals surface area (Å²) in [7, 11) is 0. The van der Waals surface area contributed by atoms with Crippen molar-refractivity contribution >= 4 is 28.6 Å². The Hall–Kier alpha value is -1.56. The Balaban J connectivity index is 1.99. The lowest BCUT2D eigenvalue weighted by atomic mass is 10.1. The molecular formula is C15H13IO3. The zero-order chi connectivity index (χ0) is 13.7. The molecule has 0 aromatic heterocycles. The molecular weight excluding hydrogens is 355 g/mol. The SMILES string of the molecule is O=C(O)Cc1cccc(OCc2ccc(I)cc2)c1. The number of ether oxygens (including phenoxy) is 1. The Morgan fingerprint density at radius 1 is 1.11 bits per heavy atom. The summed E-state index contributed by atoms with van der Waals surface area (Å²) in [6, 6.07) is 15.3. The number of halogens is 1. The van der Waals surface area contributed by atoms with E-state index in [4.69, 9.17) is 9.84 Å². The van der Waals surface area contributed by atoms with Crippen molar-refractivity contribution in [3.8, 4) is 5.75 Å². The summed E-state index contributed by atoms with van der Waals surface area (Å²) in [6.45, 7) is 0.480. The van der Waals surface area contributed by atoms with Gasteiger partial charge in [0.2, 0.25) is 0 Å². The molecule has 2 rings (SSSR count). The highest BCUT2D eigenvalue weighted by molar-refractivity contribution is 14.1. The Morgan fingerprint density at radius 2 is 1.84 bits per heavy atom. The van der Waals surface area contributed by atoms with Crippen molar-refractivity contribution in [2.75, 3.05) is 0 Å². The molecule has 0 radical (unpaired) electrons. The second-order valence-electron chi connectivity index (χ2n) is 4.13. The quantitative estimate of drug-likeness (QED) is 0.822. The predicted octanol–water partition coefficient (Wildman–Crippen LogP) is 3.50. The van der Waals surface area contributed by atoms with Crippen LogP contribution in [0.1, 0.15) is 11.1 Å². The van der Waals surface area contributed by atoms with E-state index in [1.807, 2.05) is 36.4 Å². The average molecular weight is 368 g/mol. The van der Waals surface area contributed by atoms with Crippen LogP contribution in [0.3, 0.4) is 0 Å². The van der Waals surface area contributed by atoms with Crippen LogP contribution in [0.5, 0.6) is 5.75 Å². The van der Waals surface area contributed by atoms with E-state index in [9.17, 15) is 4.79 Å². The zero-order valence-corrected chi connectivity index (χ0v) is 12.3. The summed E-state index contributed by atoms with van der Waals surface area (Å²) in [6.07, 6.45) is 0.0146. The predicted molar refractivity (Wildman–Crippen MR) is 81.3 cm³/mol. The lowest BCUT2D eigenvalue weighted by Crippen LogP contribution is -2.01. The number of hydrogen-bond acceptors (Lipinski definition) is 2. The molecule has 0 atom stereocenters. The average Bonchev–Trinajstić information content (AvgIpc) is 2.38. The molecule has 98 valence electrons. The molecule has 4 heteroatoms. The minimum Gasteiger partial charge on any atom is -0.489 e. The van der Waals surface area contributed by atoms with Crippen LogP contribution in [0.25, 0.3) is 0 Å². The van der Waals surface area contributed by atoms with Gasteiger partial charge in [-0.1, -0.05) is 24.3 Å². The second-order valence-corrected chi connectivity index (χ2v) is 5.38. The molecule has 0 heterocycles. The van der Waals surface area contributed by atoms with E-state index < -0.39 is 5.97 Å². The summed E-state index contributed by atoms with van der Waals surface area (Å²) in [5.74, 6) is -0.146. The number of carboxylic acid groups (broad SMARTS) is 1. The molecule has 0 fully saturated rings. The van der Waals surface area contributed by atoms with Crippen molar-refractivity contribution in [1.82, 2.24) is 0 Å². The highest BCUT2D eigenvalue weighted by Crippen LogP contribution is 2.16. The molecule has 0 aliphatic heterocycles. The molecule has 0 saturated heterocycles. The Morgan fingerprint density at radius 3 is 2.53 bits per heavy atom. The molecule has 2 aromatic carbocycles. The minimum atomic E-state index is -0.838. The third-order valence-electron chi connectivity index (χ3n) is 2.57. The van der Waals surface area contributed by atoms with Gasteiger partial charge in [0.1, 0.15) is 12.4 Å². The molecule has 1 N–H and O–H groups in total. The second kappa shape index (κ2) is 6.56. The van der Waals surface area contributed by atoms with Gasteiger partial charge in [-0.3, -0.25) is 4.79 Å². The van der Waals surface area contributed by atoms with Gasteiger partial charge in [-0.2, -0.15) is 0 Å². The van der Waals surface area contributed by atoms with Gasteiger partial charge in [-0.15, -0.1) is 0 Å². The summed E-state index contributed by atoms with van der Waals surface area (Å²) in [5, 5.41) is 8.75. The zero-order valence-electron chi connectivity index (χ0n) is 10.2. The summed E-state index contributed by atoms with van der Waals surface area (Å²) >= 11 is 2.26. The molecule has 0 bridgehead atoms. The maximum Gasteiger partial charge on any atom is 0.307 e.